The first-order valence-electron chi connectivity index (χ1n) is 35.8. The Balaban J connectivity index is 5.23. The molecule has 0 fully saturated rings. The van der Waals surface area contributed by atoms with Gasteiger partial charge in [-0.25, -0.2) is 9.13 Å². The molecule has 0 aliphatic rings. The molecular formula is C69H134O17P2. The van der Waals surface area contributed by atoms with Gasteiger partial charge in [-0.15, -0.1) is 0 Å². The van der Waals surface area contributed by atoms with Crippen LogP contribution < -0.4 is 0 Å². The minimum Gasteiger partial charge on any atom is -0.462 e. The maximum absolute atomic E-state index is 13.0. The number of unbranched alkanes of at least 4 members (excludes halogenated alkanes) is 30. The number of phosphoric ester groups is 2. The number of hydrogen-bond acceptors (Lipinski definition) is 15. The van der Waals surface area contributed by atoms with Crippen LogP contribution in [-0.2, 0) is 65.4 Å². The van der Waals surface area contributed by atoms with Gasteiger partial charge in [0.15, 0.2) is 12.2 Å². The van der Waals surface area contributed by atoms with E-state index in [0.717, 1.165) is 114 Å². The normalized spacial score (nSPS) is 14.9. The molecular weight excluding hydrogens is 1160 g/mol. The van der Waals surface area contributed by atoms with Gasteiger partial charge < -0.3 is 33.8 Å². The summed E-state index contributed by atoms with van der Waals surface area (Å²) in [5, 5.41) is 10.6. The highest BCUT2D eigenvalue weighted by Crippen LogP contribution is 2.45. The lowest BCUT2D eigenvalue weighted by atomic mass is 9.99. The zero-order valence-electron chi connectivity index (χ0n) is 57.3. The quantitative estimate of drug-likeness (QED) is 0.0222. The van der Waals surface area contributed by atoms with Crippen molar-refractivity contribution in [1.29, 1.82) is 0 Å². The fourth-order valence-electron chi connectivity index (χ4n) is 10.2. The van der Waals surface area contributed by atoms with Crippen LogP contribution in [-0.4, -0.2) is 96.7 Å². The van der Waals surface area contributed by atoms with Gasteiger partial charge in [-0.3, -0.25) is 37.3 Å². The zero-order valence-corrected chi connectivity index (χ0v) is 59.1. The maximum atomic E-state index is 13.0. The molecule has 0 radical (unpaired) electrons. The van der Waals surface area contributed by atoms with E-state index in [1.165, 1.54) is 135 Å². The van der Waals surface area contributed by atoms with Gasteiger partial charge in [-0.05, 0) is 49.4 Å². The standard InChI is InChI=1S/C69H134O17P2/c1-9-61(7)47-39-31-22-19-20-23-33-41-49-66(71)79-55-64(85-68(73)51-43-35-24-18-16-14-12-11-13-15-17-21-29-37-45-59(3)4)57-83-87(75,76)81-53-63(70)54-82-88(77,78)84-58-65(86-69(74)52-44-36-27-25-30-38-46-60(5)6)56-80-67(72)50-42-34-28-26-32-40-48-62(8)10-2/h59-65,70H,9-58H2,1-8H3,(H,75,76)(H,77,78)/t61?,62?,63-,64-,65-/m1/s1. The Morgan fingerprint density at radius 2 is 0.545 bits per heavy atom. The summed E-state index contributed by atoms with van der Waals surface area (Å²) in [7, 11) is -9.90. The first-order valence-corrected chi connectivity index (χ1v) is 38.8. The number of carbonyl (C=O) groups excluding carboxylic acids is 4. The second-order valence-corrected chi connectivity index (χ2v) is 29.3. The summed E-state index contributed by atoms with van der Waals surface area (Å²) in [6, 6.07) is 0. The molecule has 88 heavy (non-hydrogen) atoms. The van der Waals surface area contributed by atoms with E-state index in [-0.39, 0.29) is 25.7 Å². The molecule has 0 heterocycles. The van der Waals surface area contributed by atoms with E-state index in [9.17, 15) is 43.2 Å². The first kappa shape index (κ1) is 86.1. The van der Waals surface area contributed by atoms with E-state index in [1.54, 1.807) is 0 Å². The SMILES string of the molecule is CCC(C)CCCCCCCCCCC(=O)OC[C@H](COP(=O)(O)OC[C@@H](O)COP(=O)(O)OC[C@@H](COC(=O)CCCCCCCCC(C)CC)OC(=O)CCCCCCCCC(C)C)OC(=O)CCCCCCCCCCCCCCCCC(C)C. The summed E-state index contributed by atoms with van der Waals surface area (Å²) in [5.74, 6) is 0.837. The Hall–Kier alpha value is -1.94. The van der Waals surface area contributed by atoms with Gasteiger partial charge in [0, 0.05) is 25.7 Å². The minimum absolute atomic E-state index is 0.101. The maximum Gasteiger partial charge on any atom is 0.472 e. The Labute approximate surface area is 537 Å². The number of phosphoric acid groups is 2. The summed E-state index contributed by atoms with van der Waals surface area (Å²) in [4.78, 5) is 72.4. The van der Waals surface area contributed by atoms with Crippen molar-refractivity contribution in [3.8, 4) is 0 Å². The molecule has 0 rings (SSSR count). The molecule has 0 saturated heterocycles. The van der Waals surface area contributed by atoms with Crippen LogP contribution in [0.15, 0.2) is 0 Å². The average molecular weight is 1300 g/mol. The van der Waals surface area contributed by atoms with Gasteiger partial charge in [0.2, 0.25) is 0 Å². The van der Waals surface area contributed by atoms with Gasteiger partial charge in [0.05, 0.1) is 26.4 Å². The van der Waals surface area contributed by atoms with Crippen molar-refractivity contribution in [1.82, 2.24) is 0 Å². The lowest BCUT2D eigenvalue weighted by Gasteiger charge is -2.21. The molecule has 0 bridgehead atoms. The Kier molecular flexibility index (Phi) is 57.6. The third-order valence-corrected chi connectivity index (χ3v) is 18.4. The van der Waals surface area contributed by atoms with E-state index in [2.05, 4.69) is 55.4 Å². The van der Waals surface area contributed by atoms with E-state index < -0.39 is 97.5 Å². The van der Waals surface area contributed by atoms with Crippen molar-refractivity contribution in [2.45, 2.75) is 356 Å². The molecule has 0 aliphatic carbocycles. The van der Waals surface area contributed by atoms with Crippen LogP contribution in [0.2, 0.25) is 0 Å². The van der Waals surface area contributed by atoms with Crippen LogP contribution in [0.5, 0.6) is 0 Å². The fourth-order valence-corrected chi connectivity index (χ4v) is 11.8. The summed E-state index contributed by atoms with van der Waals surface area (Å²) in [6.07, 6.45) is 40.5. The molecule has 0 saturated carbocycles. The summed E-state index contributed by atoms with van der Waals surface area (Å²) in [6.45, 7) is 14.0. The lowest BCUT2D eigenvalue weighted by molar-refractivity contribution is -0.161. The monoisotopic (exact) mass is 1300 g/mol. The highest BCUT2D eigenvalue weighted by molar-refractivity contribution is 7.47. The van der Waals surface area contributed by atoms with Gasteiger partial charge in [-0.2, -0.15) is 0 Å². The van der Waals surface area contributed by atoms with Crippen molar-refractivity contribution < 1.29 is 80.2 Å². The van der Waals surface area contributed by atoms with Crippen molar-refractivity contribution in [2.75, 3.05) is 39.6 Å². The minimum atomic E-state index is -4.95. The molecule has 17 nitrogen and oxygen atoms in total. The summed E-state index contributed by atoms with van der Waals surface area (Å²) in [5.41, 5.74) is 0. The predicted molar refractivity (Wildman–Crippen MR) is 354 cm³/mol. The smallest absolute Gasteiger partial charge is 0.462 e. The molecule has 0 spiro atoms. The average Bonchev–Trinajstić information content (AvgIpc) is 3.59. The van der Waals surface area contributed by atoms with E-state index >= 15 is 0 Å². The topological polar surface area (TPSA) is 237 Å². The third kappa shape index (κ3) is 60.3. The molecule has 0 amide bonds. The molecule has 7 atom stereocenters. The van der Waals surface area contributed by atoms with Gasteiger partial charge in [-0.1, -0.05) is 287 Å². The largest absolute Gasteiger partial charge is 0.472 e. The van der Waals surface area contributed by atoms with Crippen molar-refractivity contribution in [3.63, 3.8) is 0 Å². The van der Waals surface area contributed by atoms with Crippen LogP contribution in [0.1, 0.15) is 338 Å². The third-order valence-electron chi connectivity index (χ3n) is 16.5. The first-order chi connectivity index (χ1) is 42.2. The Bertz CT molecular complexity index is 1750. The number of aliphatic hydroxyl groups excluding tert-OH is 1. The molecule has 0 aromatic carbocycles. The van der Waals surface area contributed by atoms with Crippen LogP contribution in [0.3, 0.4) is 0 Å². The van der Waals surface area contributed by atoms with E-state index in [1.807, 2.05) is 0 Å². The second kappa shape index (κ2) is 58.8. The Morgan fingerprint density at radius 3 is 0.807 bits per heavy atom. The van der Waals surface area contributed by atoms with Gasteiger partial charge in [0.1, 0.15) is 19.3 Å². The number of carbonyl (C=O) groups is 4. The van der Waals surface area contributed by atoms with Crippen LogP contribution in [0.4, 0.5) is 0 Å². The number of aliphatic hydroxyl groups is 1. The molecule has 0 aliphatic heterocycles. The van der Waals surface area contributed by atoms with Gasteiger partial charge in [0.25, 0.3) is 0 Å². The summed E-state index contributed by atoms with van der Waals surface area (Å²) >= 11 is 0. The number of ether oxygens (including phenoxy) is 4. The lowest BCUT2D eigenvalue weighted by Crippen LogP contribution is -2.30. The molecule has 522 valence electrons. The zero-order chi connectivity index (χ0) is 65.4. The number of esters is 4. The van der Waals surface area contributed by atoms with Crippen molar-refractivity contribution in [2.24, 2.45) is 23.7 Å². The number of rotatable bonds is 66. The van der Waals surface area contributed by atoms with Crippen LogP contribution in [0.25, 0.3) is 0 Å². The Morgan fingerprint density at radius 1 is 0.318 bits per heavy atom. The molecule has 0 aromatic heterocycles. The molecule has 3 N–H and O–H groups in total. The van der Waals surface area contributed by atoms with Crippen molar-refractivity contribution in [3.05, 3.63) is 0 Å². The molecule has 4 unspecified atom stereocenters. The highest BCUT2D eigenvalue weighted by Gasteiger charge is 2.30. The van der Waals surface area contributed by atoms with Gasteiger partial charge >= 0.3 is 39.5 Å². The van der Waals surface area contributed by atoms with Crippen LogP contribution >= 0.6 is 15.6 Å². The number of hydrogen-bond donors (Lipinski definition) is 3. The summed E-state index contributed by atoms with van der Waals surface area (Å²) < 4.78 is 68.2. The second-order valence-electron chi connectivity index (χ2n) is 26.4. The van der Waals surface area contributed by atoms with Crippen molar-refractivity contribution >= 4 is 39.5 Å². The molecule has 19 heteroatoms. The van der Waals surface area contributed by atoms with E-state index in [4.69, 9.17) is 37.0 Å². The van der Waals surface area contributed by atoms with Crippen LogP contribution in [0, 0.1) is 23.7 Å². The fraction of sp³-hybridized carbons (Fsp3) is 0.942. The van der Waals surface area contributed by atoms with E-state index in [0.29, 0.717) is 31.6 Å². The predicted octanol–water partition coefficient (Wildman–Crippen LogP) is 19.3. The highest BCUT2D eigenvalue weighted by atomic mass is 31.2. The molecule has 0 aromatic rings.